The monoisotopic (exact) mass is 166 g/mol. The third-order valence-electron chi connectivity index (χ3n) is 3.50. The highest BCUT2D eigenvalue weighted by molar-refractivity contribution is 5.61. The fourth-order valence-electron chi connectivity index (χ4n) is 2.31. The van der Waals surface area contributed by atoms with Gasteiger partial charge in [0.15, 0.2) is 0 Å². The molecule has 0 radical (unpaired) electrons. The first kappa shape index (κ1) is 8.28. The predicted octanol–water partition coefficient (Wildman–Crippen LogP) is 2.16. The minimum atomic E-state index is 0.929. The van der Waals surface area contributed by atoms with Crippen LogP contribution in [0.3, 0.4) is 0 Å². The molecule has 2 unspecified atom stereocenters. The highest BCUT2D eigenvalue weighted by atomic mass is 15.0. The molecule has 0 amide bonds. The van der Waals surface area contributed by atoms with Crippen molar-refractivity contribution in [2.45, 2.75) is 33.1 Å². The van der Waals surface area contributed by atoms with Crippen molar-refractivity contribution < 1.29 is 4.58 Å². The van der Waals surface area contributed by atoms with Crippen LogP contribution in [0, 0.1) is 17.8 Å². The number of hydrogen-bond donors (Lipinski definition) is 0. The van der Waals surface area contributed by atoms with Gasteiger partial charge in [0, 0.05) is 17.8 Å². The second kappa shape index (κ2) is 3.20. The summed E-state index contributed by atoms with van der Waals surface area (Å²) in [6.45, 7) is 7.30. The zero-order valence-corrected chi connectivity index (χ0v) is 8.29. The number of rotatable bonds is 4. The van der Waals surface area contributed by atoms with E-state index in [1.807, 2.05) is 0 Å². The van der Waals surface area contributed by atoms with E-state index < -0.39 is 0 Å². The summed E-state index contributed by atoms with van der Waals surface area (Å²) >= 11 is 0. The molecule has 2 atom stereocenters. The first-order valence-corrected chi connectivity index (χ1v) is 5.42. The van der Waals surface area contributed by atoms with Crippen LogP contribution < -0.4 is 0 Å². The van der Waals surface area contributed by atoms with E-state index in [0.29, 0.717) is 0 Å². The molecular weight excluding hydrogens is 146 g/mol. The minimum absolute atomic E-state index is 0.929. The van der Waals surface area contributed by atoms with Crippen LogP contribution in [0.5, 0.6) is 0 Å². The summed E-state index contributed by atoms with van der Waals surface area (Å²) in [5.41, 5.74) is 0. The Balaban J connectivity index is 1.82. The van der Waals surface area contributed by atoms with Crippen molar-refractivity contribution in [2.75, 3.05) is 13.1 Å². The molecule has 0 aromatic heterocycles. The van der Waals surface area contributed by atoms with Gasteiger partial charge in [-0.15, -0.1) is 0 Å². The molecule has 68 valence electrons. The topological polar surface area (TPSA) is 3.01 Å². The van der Waals surface area contributed by atoms with Gasteiger partial charge in [0.05, 0.1) is 0 Å². The average molecular weight is 166 g/mol. The van der Waals surface area contributed by atoms with Gasteiger partial charge in [0.2, 0.25) is 0 Å². The van der Waals surface area contributed by atoms with Gasteiger partial charge in [-0.1, -0.05) is 13.8 Å². The van der Waals surface area contributed by atoms with E-state index in [1.165, 1.54) is 32.4 Å². The van der Waals surface area contributed by atoms with E-state index in [4.69, 9.17) is 0 Å². The average Bonchev–Trinajstić information content (AvgIpc) is 2.70. The SMILES string of the molecule is CCC(CC)C[N+]1=CC2CC2C1. The molecule has 1 aliphatic carbocycles. The third kappa shape index (κ3) is 1.55. The van der Waals surface area contributed by atoms with Gasteiger partial charge in [0.25, 0.3) is 0 Å². The van der Waals surface area contributed by atoms with E-state index in [-0.39, 0.29) is 0 Å². The number of nitrogens with zero attached hydrogens (tertiary/aromatic N) is 1. The lowest BCUT2D eigenvalue weighted by Gasteiger charge is -2.09. The first-order valence-electron chi connectivity index (χ1n) is 5.42. The molecule has 0 saturated heterocycles. The molecule has 2 rings (SSSR count). The van der Waals surface area contributed by atoms with Gasteiger partial charge in [-0.2, -0.15) is 0 Å². The Morgan fingerprint density at radius 2 is 2.17 bits per heavy atom. The molecule has 1 heterocycles. The quantitative estimate of drug-likeness (QED) is 0.563. The molecule has 0 spiro atoms. The standard InChI is InChI=1S/C11H20N/c1-3-9(4-2)6-12-7-10-5-11(10)8-12/h7,9-11H,3-6,8H2,1-2H3/q+1. The van der Waals surface area contributed by atoms with Gasteiger partial charge < -0.3 is 0 Å². The van der Waals surface area contributed by atoms with Crippen molar-refractivity contribution in [3.8, 4) is 0 Å². The molecule has 1 aliphatic heterocycles. The fourth-order valence-corrected chi connectivity index (χ4v) is 2.31. The summed E-state index contributed by atoms with van der Waals surface area (Å²) in [4.78, 5) is 0. The number of hydrogen-bond acceptors (Lipinski definition) is 0. The zero-order chi connectivity index (χ0) is 8.55. The molecule has 1 nitrogen and oxygen atoms in total. The van der Waals surface area contributed by atoms with Crippen LogP contribution in [0.2, 0.25) is 0 Å². The summed E-state index contributed by atoms with van der Waals surface area (Å²) in [6.07, 6.45) is 6.66. The Kier molecular flexibility index (Phi) is 2.20. The predicted molar refractivity (Wildman–Crippen MR) is 51.7 cm³/mol. The van der Waals surface area contributed by atoms with E-state index >= 15 is 0 Å². The maximum atomic E-state index is 2.57. The normalized spacial score (nSPS) is 32.1. The van der Waals surface area contributed by atoms with Gasteiger partial charge in [-0.25, -0.2) is 4.58 Å². The van der Waals surface area contributed by atoms with Gasteiger partial charge in [0.1, 0.15) is 19.3 Å². The van der Waals surface area contributed by atoms with E-state index in [9.17, 15) is 0 Å². The molecule has 0 aromatic rings. The molecular formula is C11H20N+. The lowest BCUT2D eigenvalue weighted by Crippen LogP contribution is -2.20. The molecule has 12 heavy (non-hydrogen) atoms. The largest absolute Gasteiger partial charge is 0.239 e. The molecule has 0 aromatic carbocycles. The van der Waals surface area contributed by atoms with Crippen LogP contribution in [0.15, 0.2) is 0 Å². The number of fused-ring (bicyclic) bond motifs is 1. The van der Waals surface area contributed by atoms with Crippen LogP contribution in [0.4, 0.5) is 0 Å². The van der Waals surface area contributed by atoms with Gasteiger partial charge in [-0.3, -0.25) is 0 Å². The molecule has 1 heteroatoms. The van der Waals surface area contributed by atoms with Crippen LogP contribution >= 0.6 is 0 Å². The third-order valence-corrected chi connectivity index (χ3v) is 3.50. The summed E-state index contributed by atoms with van der Waals surface area (Å²) < 4.78 is 2.57. The fraction of sp³-hybridized carbons (Fsp3) is 0.909. The van der Waals surface area contributed by atoms with Crippen molar-refractivity contribution >= 4 is 6.21 Å². The van der Waals surface area contributed by atoms with Crippen molar-refractivity contribution in [3.05, 3.63) is 0 Å². The van der Waals surface area contributed by atoms with Crippen molar-refractivity contribution in [3.63, 3.8) is 0 Å². The first-order chi connectivity index (χ1) is 5.83. The minimum Gasteiger partial charge on any atom is -0.239 e. The van der Waals surface area contributed by atoms with E-state index in [2.05, 4.69) is 24.6 Å². The summed E-state index contributed by atoms with van der Waals surface area (Å²) in [6, 6.07) is 0. The lowest BCUT2D eigenvalue weighted by atomic mass is 10.0. The molecule has 0 bridgehead atoms. The van der Waals surface area contributed by atoms with Gasteiger partial charge >= 0.3 is 0 Å². The maximum absolute atomic E-state index is 2.57. The molecule has 0 N–H and O–H groups in total. The van der Waals surface area contributed by atoms with Crippen LogP contribution in [0.25, 0.3) is 0 Å². The smallest absolute Gasteiger partial charge is 0.146 e. The Morgan fingerprint density at radius 1 is 1.42 bits per heavy atom. The Morgan fingerprint density at radius 3 is 2.67 bits per heavy atom. The van der Waals surface area contributed by atoms with E-state index in [0.717, 1.165) is 17.8 Å². The molecule has 2 aliphatic rings. The van der Waals surface area contributed by atoms with Crippen LogP contribution in [0.1, 0.15) is 33.1 Å². The summed E-state index contributed by atoms with van der Waals surface area (Å²) in [7, 11) is 0. The summed E-state index contributed by atoms with van der Waals surface area (Å²) in [5.74, 6) is 2.97. The van der Waals surface area contributed by atoms with Crippen molar-refractivity contribution in [1.29, 1.82) is 0 Å². The van der Waals surface area contributed by atoms with Crippen molar-refractivity contribution in [1.82, 2.24) is 0 Å². The lowest BCUT2D eigenvalue weighted by molar-refractivity contribution is -0.528. The van der Waals surface area contributed by atoms with Crippen molar-refractivity contribution in [2.24, 2.45) is 17.8 Å². The molecule has 1 saturated carbocycles. The maximum Gasteiger partial charge on any atom is 0.146 e. The molecule has 1 fully saturated rings. The summed E-state index contributed by atoms with van der Waals surface area (Å²) in [5, 5.41) is 0. The second-order valence-corrected chi connectivity index (χ2v) is 4.45. The Hall–Kier alpha value is -0.330. The zero-order valence-electron chi connectivity index (χ0n) is 8.29. The highest BCUT2D eigenvalue weighted by Crippen LogP contribution is 2.40. The highest BCUT2D eigenvalue weighted by Gasteiger charge is 2.46. The Labute approximate surface area is 75.5 Å². The van der Waals surface area contributed by atoms with Gasteiger partial charge in [-0.05, 0) is 19.3 Å². The van der Waals surface area contributed by atoms with Crippen LogP contribution in [-0.2, 0) is 0 Å². The van der Waals surface area contributed by atoms with E-state index in [1.54, 1.807) is 0 Å². The Bertz CT molecular complexity index is 191. The second-order valence-electron chi connectivity index (χ2n) is 4.45. The van der Waals surface area contributed by atoms with Crippen LogP contribution in [-0.4, -0.2) is 23.9 Å².